The molecule has 114 valence electrons. The van der Waals surface area contributed by atoms with E-state index < -0.39 is 11.6 Å². The first-order valence-electron chi connectivity index (χ1n) is 7.36. The summed E-state index contributed by atoms with van der Waals surface area (Å²) in [5.41, 5.74) is 0.752. The maximum Gasteiger partial charge on any atom is 0.184 e. The predicted molar refractivity (Wildman–Crippen MR) is 80.5 cm³/mol. The average molecular weight is 313 g/mol. The fraction of sp³-hybridized carbons (Fsp3) is 0.562. The molecule has 1 aromatic carbocycles. The second-order valence-corrected chi connectivity index (χ2v) is 6.78. The van der Waals surface area contributed by atoms with Crippen LogP contribution in [0.2, 0.25) is 0 Å². The molecule has 0 spiro atoms. The highest BCUT2D eigenvalue weighted by atomic mass is 35.5. The van der Waals surface area contributed by atoms with Crippen molar-refractivity contribution in [1.82, 2.24) is 9.55 Å². The summed E-state index contributed by atoms with van der Waals surface area (Å²) in [4.78, 5) is 4.40. The number of rotatable bonds is 2. The zero-order valence-electron chi connectivity index (χ0n) is 12.3. The Morgan fingerprint density at radius 2 is 2.10 bits per heavy atom. The molecule has 21 heavy (non-hydrogen) atoms. The van der Waals surface area contributed by atoms with E-state index in [2.05, 4.69) is 18.8 Å². The van der Waals surface area contributed by atoms with Crippen LogP contribution in [0.25, 0.3) is 11.0 Å². The summed E-state index contributed by atoms with van der Waals surface area (Å²) in [7, 11) is 0. The highest BCUT2D eigenvalue weighted by Gasteiger charge is 2.36. The van der Waals surface area contributed by atoms with Crippen LogP contribution in [0, 0.1) is 17.0 Å². The van der Waals surface area contributed by atoms with Gasteiger partial charge in [0.05, 0.1) is 11.4 Å². The standard InChI is InChI=1S/C16H19ClF2N2/c1-16(2)8-4-3-5-12(16)21-13(9-17)20-11-7-6-10(18)14(19)15(11)21/h6-7,12H,3-5,8-9H2,1-2H3. The lowest BCUT2D eigenvalue weighted by molar-refractivity contribution is 0.145. The SMILES string of the molecule is CC1(C)CCCCC1n1c(CCl)nc2ccc(F)c(F)c21. The van der Waals surface area contributed by atoms with E-state index in [4.69, 9.17) is 11.6 Å². The Labute approximate surface area is 128 Å². The van der Waals surface area contributed by atoms with Crippen molar-refractivity contribution in [1.29, 1.82) is 0 Å². The van der Waals surface area contributed by atoms with Crippen LogP contribution < -0.4 is 0 Å². The molecule has 1 unspecified atom stereocenters. The minimum atomic E-state index is -0.835. The molecule has 2 aromatic rings. The van der Waals surface area contributed by atoms with E-state index in [1.54, 1.807) is 0 Å². The second-order valence-electron chi connectivity index (χ2n) is 6.51. The number of nitrogens with zero attached hydrogens (tertiary/aromatic N) is 2. The molecule has 1 aromatic heterocycles. The van der Waals surface area contributed by atoms with Gasteiger partial charge in [0.2, 0.25) is 0 Å². The number of aromatic nitrogens is 2. The smallest absolute Gasteiger partial charge is 0.184 e. The van der Waals surface area contributed by atoms with E-state index in [0.29, 0.717) is 11.3 Å². The Kier molecular flexibility index (Phi) is 3.68. The highest BCUT2D eigenvalue weighted by Crippen LogP contribution is 2.46. The lowest BCUT2D eigenvalue weighted by Crippen LogP contribution is -2.31. The Morgan fingerprint density at radius 1 is 1.33 bits per heavy atom. The van der Waals surface area contributed by atoms with Crippen molar-refractivity contribution in [3.05, 3.63) is 29.6 Å². The van der Waals surface area contributed by atoms with E-state index in [9.17, 15) is 8.78 Å². The summed E-state index contributed by atoms with van der Waals surface area (Å²) in [6.45, 7) is 4.36. The Balaban J connectivity index is 2.27. The third-order valence-corrected chi connectivity index (χ3v) is 4.94. The number of imidazole rings is 1. The van der Waals surface area contributed by atoms with E-state index in [1.807, 2.05) is 4.57 Å². The van der Waals surface area contributed by atoms with Crippen molar-refractivity contribution in [2.45, 2.75) is 51.5 Å². The number of benzene rings is 1. The lowest BCUT2D eigenvalue weighted by Gasteiger charge is -2.40. The molecular weight excluding hydrogens is 294 g/mol. The number of alkyl halides is 1. The number of halogens is 3. The molecule has 1 heterocycles. The van der Waals surface area contributed by atoms with Crippen molar-refractivity contribution in [2.75, 3.05) is 0 Å². The van der Waals surface area contributed by atoms with E-state index in [-0.39, 0.29) is 22.9 Å². The van der Waals surface area contributed by atoms with Crippen LogP contribution in [-0.2, 0) is 5.88 Å². The van der Waals surface area contributed by atoms with Gasteiger partial charge in [-0.3, -0.25) is 0 Å². The minimum absolute atomic E-state index is 0.0193. The van der Waals surface area contributed by atoms with Gasteiger partial charge in [-0.05, 0) is 30.4 Å². The van der Waals surface area contributed by atoms with E-state index >= 15 is 0 Å². The predicted octanol–water partition coefficient (Wildman–Crippen LogP) is 5.19. The molecule has 1 aliphatic rings. The first kappa shape index (κ1) is 14.8. The van der Waals surface area contributed by atoms with Crippen LogP contribution in [-0.4, -0.2) is 9.55 Å². The molecule has 0 N–H and O–H groups in total. The quantitative estimate of drug-likeness (QED) is 0.697. The molecule has 5 heteroatoms. The number of hydrogen-bond acceptors (Lipinski definition) is 1. The zero-order valence-corrected chi connectivity index (χ0v) is 13.1. The first-order valence-corrected chi connectivity index (χ1v) is 7.90. The summed E-state index contributed by atoms with van der Waals surface area (Å²) < 4.78 is 29.8. The maximum absolute atomic E-state index is 14.3. The van der Waals surface area contributed by atoms with Gasteiger partial charge in [-0.2, -0.15) is 0 Å². The molecule has 0 amide bonds. The summed E-state index contributed by atoms with van der Waals surface area (Å²) >= 11 is 6.01. The molecule has 1 atom stereocenters. The zero-order chi connectivity index (χ0) is 15.2. The van der Waals surface area contributed by atoms with Gasteiger partial charge in [-0.1, -0.05) is 26.7 Å². The van der Waals surface area contributed by atoms with Gasteiger partial charge >= 0.3 is 0 Å². The third kappa shape index (κ3) is 2.33. The topological polar surface area (TPSA) is 17.8 Å². The van der Waals surface area contributed by atoms with Crippen LogP contribution in [0.3, 0.4) is 0 Å². The first-order chi connectivity index (χ1) is 9.95. The van der Waals surface area contributed by atoms with E-state index in [1.165, 1.54) is 12.5 Å². The average Bonchev–Trinajstić information content (AvgIpc) is 2.81. The van der Waals surface area contributed by atoms with Gasteiger partial charge in [0.1, 0.15) is 11.3 Å². The van der Waals surface area contributed by atoms with Crippen molar-refractivity contribution in [2.24, 2.45) is 5.41 Å². The van der Waals surface area contributed by atoms with Gasteiger partial charge in [0.15, 0.2) is 11.6 Å². The molecule has 1 fully saturated rings. The van der Waals surface area contributed by atoms with Gasteiger partial charge in [-0.25, -0.2) is 13.8 Å². The molecule has 1 saturated carbocycles. The van der Waals surface area contributed by atoms with E-state index in [0.717, 1.165) is 25.3 Å². The molecule has 0 bridgehead atoms. The van der Waals surface area contributed by atoms with Gasteiger partial charge < -0.3 is 4.57 Å². The summed E-state index contributed by atoms with van der Waals surface area (Å²) in [6, 6.07) is 2.75. The van der Waals surface area contributed by atoms with Gasteiger partial charge in [0, 0.05) is 6.04 Å². The molecule has 1 aliphatic carbocycles. The molecule has 0 aliphatic heterocycles. The Bertz CT molecular complexity index is 678. The number of fused-ring (bicyclic) bond motifs is 1. The summed E-state index contributed by atoms with van der Waals surface area (Å²) in [5, 5.41) is 0. The fourth-order valence-electron chi connectivity index (χ4n) is 3.56. The highest BCUT2D eigenvalue weighted by molar-refractivity contribution is 6.16. The van der Waals surface area contributed by atoms with Crippen molar-refractivity contribution >= 4 is 22.6 Å². The third-order valence-electron chi connectivity index (χ3n) is 4.70. The lowest BCUT2D eigenvalue weighted by atomic mass is 9.73. The van der Waals surface area contributed by atoms with Crippen molar-refractivity contribution in [3.63, 3.8) is 0 Å². The molecule has 0 saturated heterocycles. The normalized spacial score (nSPS) is 21.9. The van der Waals surface area contributed by atoms with Crippen LogP contribution in [0.4, 0.5) is 8.78 Å². The Hall–Kier alpha value is -1.16. The van der Waals surface area contributed by atoms with Crippen LogP contribution in [0.1, 0.15) is 51.4 Å². The molecule has 3 rings (SSSR count). The van der Waals surface area contributed by atoms with Crippen molar-refractivity contribution < 1.29 is 8.78 Å². The van der Waals surface area contributed by atoms with Crippen LogP contribution in [0.15, 0.2) is 12.1 Å². The summed E-state index contributed by atoms with van der Waals surface area (Å²) in [5.74, 6) is -0.838. The monoisotopic (exact) mass is 312 g/mol. The van der Waals surface area contributed by atoms with Gasteiger partial charge in [-0.15, -0.1) is 11.6 Å². The molecule has 2 nitrogen and oxygen atoms in total. The molecular formula is C16H19ClF2N2. The Morgan fingerprint density at radius 3 is 2.76 bits per heavy atom. The van der Waals surface area contributed by atoms with Gasteiger partial charge in [0.25, 0.3) is 0 Å². The summed E-state index contributed by atoms with van der Waals surface area (Å²) in [6.07, 6.45) is 4.27. The van der Waals surface area contributed by atoms with Crippen LogP contribution in [0.5, 0.6) is 0 Å². The fourth-order valence-corrected chi connectivity index (χ4v) is 3.74. The minimum Gasteiger partial charge on any atom is -0.321 e. The second kappa shape index (κ2) is 5.24. The molecule has 0 radical (unpaired) electrons. The van der Waals surface area contributed by atoms with Crippen molar-refractivity contribution in [3.8, 4) is 0 Å². The largest absolute Gasteiger partial charge is 0.321 e. The maximum atomic E-state index is 14.3. The number of hydrogen-bond donors (Lipinski definition) is 0. The van der Waals surface area contributed by atoms with Crippen LogP contribution >= 0.6 is 11.6 Å².